The largest absolute Gasteiger partial charge is 0.418 e. The Hall–Kier alpha value is -2.52. The van der Waals surface area contributed by atoms with Gasteiger partial charge in [0, 0.05) is 12.6 Å². The van der Waals surface area contributed by atoms with Gasteiger partial charge in [0.25, 0.3) is 0 Å². The van der Waals surface area contributed by atoms with Crippen LogP contribution in [0.25, 0.3) is 11.4 Å². The third-order valence-corrected chi connectivity index (χ3v) is 5.12. The van der Waals surface area contributed by atoms with Crippen molar-refractivity contribution < 1.29 is 18.0 Å². The number of para-hydroxylation sites is 1. The van der Waals surface area contributed by atoms with E-state index in [2.05, 4.69) is 15.5 Å². The van der Waals surface area contributed by atoms with E-state index in [-0.39, 0.29) is 10.8 Å². The molecule has 0 bridgehead atoms. The highest BCUT2D eigenvalue weighted by atomic mass is 35.5. The molecular formula is C18H14ClF3N4OS. The van der Waals surface area contributed by atoms with Crippen molar-refractivity contribution in [2.45, 2.75) is 11.3 Å². The minimum atomic E-state index is -4.63. The molecular weight excluding hydrogens is 413 g/mol. The fourth-order valence-electron chi connectivity index (χ4n) is 2.47. The summed E-state index contributed by atoms with van der Waals surface area (Å²) >= 11 is 6.91. The van der Waals surface area contributed by atoms with E-state index < -0.39 is 23.3 Å². The molecule has 3 aromatic rings. The first-order valence-electron chi connectivity index (χ1n) is 8.00. The molecule has 1 amide bonds. The number of carbonyl (C=O) groups excluding carboxylic acids is 1. The zero-order valence-electron chi connectivity index (χ0n) is 14.5. The molecule has 2 aromatic carbocycles. The second-order valence-electron chi connectivity index (χ2n) is 5.73. The number of nitrogens with zero attached hydrogens (tertiary/aromatic N) is 3. The van der Waals surface area contributed by atoms with Crippen LogP contribution in [0.4, 0.5) is 18.9 Å². The van der Waals surface area contributed by atoms with Crippen LogP contribution in [0.2, 0.25) is 5.02 Å². The minimum absolute atomic E-state index is 0.150. The lowest BCUT2D eigenvalue weighted by Gasteiger charge is -2.15. The molecule has 0 saturated heterocycles. The van der Waals surface area contributed by atoms with E-state index in [1.807, 2.05) is 30.3 Å². The molecule has 0 atom stereocenters. The standard InChI is InChI=1S/C18H14ClF3N4OS/c1-26-16(11-6-3-2-4-7-11)24-25-17(26)28-10-14(27)23-15-12(18(20,21)22)8-5-9-13(15)19/h2-9H,10H2,1H3,(H,23,27). The van der Waals surface area contributed by atoms with Gasteiger partial charge >= 0.3 is 6.18 Å². The number of nitrogens with one attached hydrogen (secondary N) is 1. The number of carbonyl (C=O) groups is 1. The van der Waals surface area contributed by atoms with Gasteiger partial charge in [-0.05, 0) is 12.1 Å². The molecule has 0 saturated carbocycles. The number of halogens is 4. The smallest absolute Gasteiger partial charge is 0.324 e. The summed E-state index contributed by atoms with van der Waals surface area (Å²) in [4.78, 5) is 12.2. The summed E-state index contributed by atoms with van der Waals surface area (Å²) in [6.45, 7) is 0. The molecule has 146 valence electrons. The van der Waals surface area contributed by atoms with Crippen LogP contribution < -0.4 is 5.32 Å². The van der Waals surface area contributed by atoms with E-state index in [0.717, 1.165) is 23.4 Å². The van der Waals surface area contributed by atoms with Gasteiger partial charge in [0.15, 0.2) is 11.0 Å². The lowest BCUT2D eigenvalue weighted by atomic mass is 10.1. The molecule has 1 aromatic heterocycles. The summed E-state index contributed by atoms with van der Waals surface area (Å²) in [6, 6.07) is 12.7. The fraction of sp³-hybridized carbons (Fsp3) is 0.167. The van der Waals surface area contributed by atoms with Crippen LogP contribution >= 0.6 is 23.4 Å². The molecule has 1 heterocycles. The van der Waals surface area contributed by atoms with Crippen LogP contribution in [0.3, 0.4) is 0 Å². The van der Waals surface area contributed by atoms with Crippen LogP contribution in [0, 0.1) is 0 Å². The van der Waals surface area contributed by atoms with Gasteiger partial charge in [0.2, 0.25) is 5.91 Å². The highest BCUT2D eigenvalue weighted by molar-refractivity contribution is 7.99. The number of benzene rings is 2. The van der Waals surface area contributed by atoms with E-state index >= 15 is 0 Å². The van der Waals surface area contributed by atoms with Crippen LogP contribution in [-0.4, -0.2) is 26.4 Å². The Morgan fingerprint density at radius 1 is 1.14 bits per heavy atom. The van der Waals surface area contributed by atoms with Crippen molar-refractivity contribution in [1.29, 1.82) is 0 Å². The number of alkyl halides is 3. The average Bonchev–Trinajstić information content (AvgIpc) is 3.02. The maximum absolute atomic E-state index is 13.1. The second kappa shape index (κ2) is 8.24. The molecule has 1 N–H and O–H groups in total. The van der Waals surface area contributed by atoms with E-state index in [0.29, 0.717) is 11.0 Å². The van der Waals surface area contributed by atoms with Crippen molar-refractivity contribution in [1.82, 2.24) is 14.8 Å². The van der Waals surface area contributed by atoms with Gasteiger partial charge in [-0.25, -0.2) is 0 Å². The molecule has 0 aliphatic rings. The number of amides is 1. The third-order valence-electron chi connectivity index (χ3n) is 3.78. The van der Waals surface area contributed by atoms with Gasteiger partial charge in [-0.3, -0.25) is 4.79 Å². The summed E-state index contributed by atoms with van der Waals surface area (Å²) in [5.41, 5.74) is -0.590. The van der Waals surface area contributed by atoms with Gasteiger partial charge in [0.1, 0.15) is 0 Å². The lowest BCUT2D eigenvalue weighted by molar-refractivity contribution is -0.137. The van der Waals surface area contributed by atoms with E-state index in [1.165, 1.54) is 12.1 Å². The fourth-order valence-corrected chi connectivity index (χ4v) is 3.41. The minimum Gasteiger partial charge on any atom is -0.324 e. The zero-order chi connectivity index (χ0) is 20.3. The highest BCUT2D eigenvalue weighted by Gasteiger charge is 2.34. The molecule has 0 spiro atoms. The molecule has 0 unspecified atom stereocenters. The first-order valence-corrected chi connectivity index (χ1v) is 9.37. The summed E-state index contributed by atoms with van der Waals surface area (Å²) in [5, 5.41) is 10.7. The molecule has 10 heteroatoms. The molecule has 3 rings (SSSR count). The van der Waals surface area contributed by atoms with Gasteiger partial charge < -0.3 is 9.88 Å². The Kier molecular flexibility index (Phi) is 5.95. The van der Waals surface area contributed by atoms with Gasteiger partial charge in [0.05, 0.1) is 22.0 Å². The van der Waals surface area contributed by atoms with Crippen LogP contribution in [0.15, 0.2) is 53.7 Å². The Bertz CT molecular complexity index is 992. The molecule has 5 nitrogen and oxygen atoms in total. The second-order valence-corrected chi connectivity index (χ2v) is 7.08. The van der Waals surface area contributed by atoms with Crippen molar-refractivity contribution in [2.24, 2.45) is 7.05 Å². The maximum Gasteiger partial charge on any atom is 0.418 e. The van der Waals surface area contributed by atoms with E-state index in [9.17, 15) is 18.0 Å². The van der Waals surface area contributed by atoms with Crippen molar-refractivity contribution in [2.75, 3.05) is 11.1 Å². The van der Waals surface area contributed by atoms with Gasteiger partial charge in [-0.1, -0.05) is 59.8 Å². The summed E-state index contributed by atoms with van der Waals surface area (Å²) in [6.07, 6.45) is -4.63. The van der Waals surface area contributed by atoms with Crippen molar-refractivity contribution in [3.8, 4) is 11.4 Å². The van der Waals surface area contributed by atoms with Crippen molar-refractivity contribution >= 4 is 35.0 Å². The molecule has 0 radical (unpaired) electrons. The normalized spacial score (nSPS) is 11.5. The molecule has 0 aliphatic heterocycles. The number of rotatable bonds is 5. The Balaban J connectivity index is 1.71. The summed E-state index contributed by atoms with van der Waals surface area (Å²) in [7, 11) is 1.75. The first-order chi connectivity index (χ1) is 13.3. The van der Waals surface area contributed by atoms with Crippen LogP contribution in [0.5, 0.6) is 0 Å². The van der Waals surface area contributed by atoms with E-state index in [4.69, 9.17) is 11.6 Å². The number of aromatic nitrogens is 3. The summed E-state index contributed by atoms with van der Waals surface area (Å²) in [5.74, 6) is -0.162. The molecule has 28 heavy (non-hydrogen) atoms. The third kappa shape index (κ3) is 4.48. The van der Waals surface area contributed by atoms with E-state index in [1.54, 1.807) is 11.6 Å². The monoisotopic (exact) mass is 426 g/mol. The maximum atomic E-state index is 13.1. The van der Waals surface area contributed by atoms with Gasteiger partial charge in [-0.15, -0.1) is 10.2 Å². The first kappa shape index (κ1) is 20.2. The van der Waals surface area contributed by atoms with Gasteiger partial charge in [-0.2, -0.15) is 13.2 Å². The Labute approximate surface area is 167 Å². The van der Waals surface area contributed by atoms with Crippen molar-refractivity contribution in [3.05, 3.63) is 59.1 Å². The predicted octanol–water partition coefficient (Wildman–Crippen LogP) is 4.89. The van der Waals surface area contributed by atoms with Crippen molar-refractivity contribution in [3.63, 3.8) is 0 Å². The quantitative estimate of drug-likeness (QED) is 0.590. The number of hydrogen-bond acceptors (Lipinski definition) is 4. The average molecular weight is 427 g/mol. The SMILES string of the molecule is Cn1c(SCC(=O)Nc2c(Cl)cccc2C(F)(F)F)nnc1-c1ccccc1. The topological polar surface area (TPSA) is 59.8 Å². The zero-order valence-corrected chi connectivity index (χ0v) is 16.1. The number of hydrogen-bond donors (Lipinski definition) is 1. The molecule has 0 fully saturated rings. The molecule has 0 aliphatic carbocycles. The number of anilines is 1. The lowest BCUT2D eigenvalue weighted by Crippen LogP contribution is -2.18. The Morgan fingerprint density at radius 2 is 1.86 bits per heavy atom. The predicted molar refractivity (Wildman–Crippen MR) is 102 cm³/mol. The number of thioether (sulfide) groups is 1. The Morgan fingerprint density at radius 3 is 2.54 bits per heavy atom. The van der Waals surface area contributed by atoms with Crippen LogP contribution in [-0.2, 0) is 18.0 Å². The highest BCUT2D eigenvalue weighted by Crippen LogP contribution is 2.38. The summed E-state index contributed by atoms with van der Waals surface area (Å²) < 4.78 is 41.0. The van der Waals surface area contributed by atoms with Crippen LogP contribution in [0.1, 0.15) is 5.56 Å².